The minimum Gasteiger partial charge on any atom is -0.507 e. The first kappa shape index (κ1) is 21.7. The average molecular weight is 441 g/mol. The van der Waals surface area contributed by atoms with Crippen LogP contribution in [0.5, 0.6) is 5.75 Å². The van der Waals surface area contributed by atoms with Gasteiger partial charge in [0.1, 0.15) is 5.75 Å². The highest BCUT2D eigenvalue weighted by Gasteiger charge is 2.12. The predicted molar refractivity (Wildman–Crippen MR) is 129 cm³/mol. The van der Waals surface area contributed by atoms with Gasteiger partial charge in [-0.3, -0.25) is 0 Å². The Kier molecular flexibility index (Phi) is 6.40. The zero-order valence-electron chi connectivity index (χ0n) is 18.4. The number of aromatic nitrogens is 5. The van der Waals surface area contributed by atoms with Crippen LogP contribution < -0.4 is 10.7 Å². The molecule has 0 amide bonds. The van der Waals surface area contributed by atoms with Crippen LogP contribution in [0.4, 0.5) is 17.6 Å². The van der Waals surface area contributed by atoms with E-state index in [1.54, 1.807) is 16.8 Å². The summed E-state index contributed by atoms with van der Waals surface area (Å²) in [6.07, 6.45) is 3.81. The number of nitrogens with zero attached hydrogens (tertiary/aromatic N) is 6. The molecule has 3 N–H and O–H groups in total. The molecule has 2 heterocycles. The van der Waals surface area contributed by atoms with E-state index in [1.807, 2.05) is 62.4 Å². The molecule has 0 saturated carbocycles. The number of aryl methyl sites for hydroxylation is 2. The number of phenolic OH excluding ortho intramolecular Hbond substituents is 1. The molecular formula is C24H24N8O. The highest BCUT2D eigenvalue weighted by molar-refractivity contribution is 5.84. The molecule has 2 aromatic carbocycles. The molecule has 0 fully saturated rings. The Balaban J connectivity index is 1.64. The van der Waals surface area contributed by atoms with Crippen molar-refractivity contribution in [1.82, 2.24) is 24.7 Å². The van der Waals surface area contributed by atoms with Gasteiger partial charge >= 0.3 is 0 Å². The van der Waals surface area contributed by atoms with Gasteiger partial charge in [-0.15, -0.1) is 6.58 Å². The van der Waals surface area contributed by atoms with Gasteiger partial charge in [-0.25, -0.2) is 10.1 Å². The summed E-state index contributed by atoms with van der Waals surface area (Å²) in [7, 11) is 0. The van der Waals surface area contributed by atoms with Gasteiger partial charge in [0.05, 0.1) is 11.9 Å². The maximum absolute atomic E-state index is 10.4. The predicted octanol–water partition coefficient (Wildman–Crippen LogP) is 4.30. The molecule has 9 nitrogen and oxygen atoms in total. The number of phenols is 1. The molecule has 33 heavy (non-hydrogen) atoms. The highest BCUT2D eigenvalue weighted by atomic mass is 16.3. The number of rotatable bonds is 8. The van der Waals surface area contributed by atoms with E-state index in [2.05, 4.69) is 42.5 Å². The van der Waals surface area contributed by atoms with Crippen molar-refractivity contribution in [3.05, 3.63) is 89.8 Å². The Morgan fingerprint density at radius 1 is 1.03 bits per heavy atom. The van der Waals surface area contributed by atoms with Gasteiger partial charge in [-0.2, -0.15) is 25.2 Å². The van der Waals surface area contributed by atoms with Crippen LogP contribution in [0.3, 0.4) is 0 Å². The highest BCUT2D eigenvalue weighted by Crippen LogP contribution is 2.22. The third-order valence-corrected chi connectivity index (χ3v) is 4.74. The van der Waals surface area contributed by atoms with Gasteiger partial charge < -0.3 is 10.4 Å². The minimum atomic E-state index is 0.161. The molecule has 0 radical (unpaired) electrons. The van der Waals surface area contributed by atoms with Gasteiger partial charge in [-0.1, -0.05) is 36.4 Å². The monoisotopic (exact) mass is 440 g/mol. The number of anilines is 3. The molecule has 2 aromatic heterocycles. The smallest absolute Gasteiger partial charge is 0.257 e. The number of hydrogen-bond donors (Lipinski definition) is 3. The number of nitrogens with one attached hydrogen (secondary N) is 2. The average Bonchev–Trinajstić information content (AvgIpc) is 3.15. The van der Waals surface area contributed by atoms with Gasteiger partial charge in [0.25, 0.3) is 5.95 Å². The Hall–Kier alpha value is -4.53. The zero-order valence-corrected chi connectivity index (χ0v) is 18.4. The molecule has 9 heteroatoms. The number of hydrazone groups is 1. The number of aromatic hydroxyl groups is 1. The molecule has 0 aliphatic rings. The zero-order chi connectivity index (χ0) is 23.2. The summed E-state index contributed by atoms with van der Waals surface area (Å²) in [6, 6.07) is 17.0. The number of para-hydroxylation sites is 2. The van der Waals surface area contributed by atoms with Crippen molar-refractivity contribution in [1.29, 1.82) is 0 Å². The fraction of sp³-hybridized carbons (Fsp3) is 0.125. The van der Waals surface area contributed by atoms with E-state index < -0.39 is 0 Å². The first-order valence-electron chi connectivity index (χ1n) is 10.4. The van der Waals surface area contributed by atoms with Crippen LogP contribution in [0, 0.1) is 13.8 Å². The third-order valence-electron chi connectivity index (χ3n) is 4.74. The van der Waals surface area contributed by atoms with Gasteiger partial charge in [0.15, 0.2) is 0 Å². The fourth-order valence-electron chi connectivity index (χ4n) is 3.24. The van der Waals surface area contributed by atoms with E-state index in [0.717, 1.165) is 22.6 Å². The van der Waals surface area contributed by atoms with E-state index in [9.17, 15) is 5.11 Å². The SMILES string of the molecule is C=CCc1cccc(/C=N/Nc2nc(Nc3ccccc3)nc(-n3nc(C)cc3C)n2)c1O. The molecule has 0 bridgehead atoms. The summed E-state index contributed by atoms with van der Waals surface area (Å²) in [4.78, 5) is 13.4. The number of benzene rings is 2. The maximum atomic E-state index is 10.4. The number of allylic oxidation sites excluding steroid dienone is 1. The van der Waals surface area contributed by atoms with Crippen LogP contribution in [0.15, 0.2) is 72.4 Å². The molecule has 0 spiro atoms. The Bertz CT molecular complexity index is 1300. The minimum absolute atomic E-state index is 0.161. The van der Waals surface area contributed by atoms with Crippen LogP contribution in [-0.4, -0.2) is 36.1 Å². The summed E-state index contributed by atoms with van der Waals surface area (Å²) >= 11 is 0. The molecule has 0 unspecified atom stereocenters. The first-order chi connectivity index (χ1) is 16.0. The summed E-state index contributed by atoms with van der Waals surface area (Å²) in [5, 5.41) is 22.3. The molecule has 0 atom stereocenters. The Morgan fingerprint density at radius 2 is 1.82 bits per heavy atom. The normalized spacial score (nSPS) is 11.0. The Labute approximate surface area is 191 Å². The molecule has 166 valence electrons. The van der Waals surface area contributed by atoms with Crippen molar-refractivity contribution in [2.24, 2.45) is 5.10 Å². The third kappa shape index (κ3) is 5.21. The molecular weight excluding hydrogens is 416 g/mol. The molecule has 0 saturated heterocycles. The lowest BCUT2D eigenvalue weighted by molar-refractivity contribution is 0.469. The van der Waals surface area contributed by atoms with Gasteiger partial charge in [0, 0.05) is 16.9 Å². The fourth-order valence-corrected chi connectivity index (χ4v) is 3.24. The lowest BCUT2D eigenvalue weighted by atomic mass is 10.1. The van der Waals surface area contributed by atoms with Crippen LogP contribution in [-0.2, 0) is 6.42 Å². The standard InChI is InChI=1S/C24H24N8O/c1-4-9-18-10-8-11-19(21(18)33)15-25-30-23-27-22(26-20-12-6-5-7-13-20)28-24(29-23)32-17(3)14-16(2)31-32/h4-8,10-15,33H,1,9H2,2-3H3,(H2,26,27,28,29,30)/b25-15+. The van der Waals surface area contributed by atoms with Crippen molar-refractivity contribution in [2.75, 3.05) is 10.7 Å². The Morgan fingerprint density at radius 3 is 2.55 bits per heavy atom. The summed E-state index contributed by atoms with van der Waals surface area (Å²) in [6.45, 7) is 7.55. The lowest BCUT2D eigenvalue weighted by Gasteiger charge is -2.09. The van der Waals surface area contributed by atoms with E-state index in [1.165, 1.54) is 6.21 Å². The van der Waals surface area contributed by atoms with Crippen LogP contribution in [0.1, 0.15) is 22.5 Å². The second-order valence-corrected chi connectivity index (χ2v) is 7.33. The molecule has 4 rings (SSSR count). The summed E-state index contributed by atoms with van der Waals surface area (Å²) in [5.74, 6) is 1.08. The van der Waals surface area contributed by atoms with Crippen molar-refractivity contribution in [3.63, 3.8) is 0 Å². The van der Waals surface area contributed by atoms with Crippen LogP contribution >= 0.6 is 0 Å². The largest absolute Gasteiger partial charge is 0.507 e. The van der Waals surface area contributed by atoms with Gasteiger partial charge in [-0.05, 0) is 50.1 Å². The van der Waals surface area contributed by atoms with Crippen molar-refractivity contribution < 1.29 is 5.11 Å². The lowest BCUT2D eigenvalue weighted by Crippen LogP contribution is -2.11. The van der Waals surface area contributed by atoms with Crippen molar-refractivity contribution in [2.45, 2.75) is 20.3 Å². The van der Waals surface area contributed by atoms with E-state index in [0.29, 0.717) is 23.9 Å². The second kappa shape index (κ2) is 9.73. The molecule has 0 aliphatic heterocycles. The van der Waals surface area contributed by atoms with E-state index in [4.69, 9.17) is 0 Å². The van der Waals surface area contributed by atoms with Gasteiger partial charge in [0.2, 0.25) is 11.9 Å². The topological polar surface area (TPSA) is 113 Å². The molecule has 4 aromatic rings. The first-order valence-corrected chi connectivity index (χ1v) is 10.4. The van der Waals surface area contributed by atoms with Crippen molar-refractivity contribution in [3.8, 4) is 11.7 Å². The van der Waals surface area contributed by atoms with Crippen LogP contribution in [0.25, 0.3) is 5.95 Å². The maximum Gasteiger partial charge on any atom is 0.257 e. The molecule has 0 aliphatic carbocycles. The van der Waals surface area contributed by atoms with Crippen molar-refractivity contribution >= 4 is 23.8 Å². The quantitative estimate of drug-likeness (QED) is 0.213. The summed E-state index contributed by atoms with van der Waals surface area (Å²) in [5.41, 5.74) is 6.75. The van der Waals surface area contributed by atoms with E-state index in [-0.39, 0.29) is 11.7 Å². The van der Waals surface area contributed by atoms with E-state index >= 15 is 0 Å². The second-order valence-electron chi connectivity index (χ2n) is 7.33. The number of hydrogen-bond acceptors (Lipinski definition) is 8. The summed E-state index contributed by atoms with van der Waals surface area (Å²) < 4.78 is 1.65. The van der Waals surface area contributed by atoms with Crippen LogP contribution in [0.2, 0.25) is 0 Å².